The maximum Gasteiger partial charge on any atom is 0.0509 e. The van der Waals surface area contributed by atoms with Gasteiger partial charge in [-0.15, -0.1) is 12.4 Å². The lowest BCUT2D eigenvalue weighted by atomic mass is 9.71. The lowest BCUT2D eigenvalue weighted by molar-refractivity contribution is 0.126. The smallest absolute Gasteiger partial charge is 0.0509 e. The van der Waals surface area contributed by atoms with Crippen LogP contribution in [-0.2, 0) is 6.42 Å². The van der Waals surface area contributed by atoms with Crippen LogP contribution >= 0.6 is 12.4 Å². The van der Waals surface area contributed by atoms with E-state index in [1.54, 1.807) is 0 Å². The third-order valence-corrected chi connectivity index (χ3v) is 4.48. The number of halogens is 1. The van der Waals surface area contributed by atoms with E-state index in [2.05, 4.69) is 53.8 Å². The van der Waals surface area contributed by atoms with Crippen LogP contribution in [0.3, 0.4) is 0 Å². The number of benzene rings is 2. The van der Waals surface area contributed by atoms with Gasteiger partial charge in [0.15, 0.2) is 0 Å². The molecule has 112 valence electrons. The van der Waals surface area contributed by atoms with Crippen LogP contribution in [0.25, 0.3) is 0 Å². The summed E-state index contributed by atoms with van der Waals surface area (Å²) in [6.45, 7) is 2.03. The molecule has 2 nitrogen and oxygen atoms in total. The number of aliphatic hydroxyl groups is 1. The maximum atomic E-state index is 10.1. The molecular weight excluding hydrogens is 282 g/mol. The second kappa shape index (κ2) is 7.08. The van der Waals surface area contributed by atoms with Crippen molar-refractivity contribution in [2.45, 2.75) is 12.3 Å². The van der Waals surface area contributed by atoms with Crippen LogP contribution in [-0.4, -0.2) is 24.8 Å². The van der Waals surface area contributed by atoms with Crippen LogP contribution in [0, 0.1) is 5.41 Å². The van der Waals surface area contributed by atoms with Crippen LogP contribution in [0.2, 0.25) is 0 Å². The molecular formula is C18H22ClNO. The van der Waals surface area contributed by atoms with E-state index in [-0.39, 0.29) is 24.4 Å². The Morgan fingerprint density at radius 2 is 1.62 bits per heavy atom. The van der Waals surface area contributed by atoms with Crippen molar-refractivity contribution in [3.8, 4) is 0 Å². The summed E-state index contributed by atoms with van der Waals surface area (Å²) in [6, 6.07) is 21.0. The highest BCUT2D eigenvalue weighted by Crippen LogP contribution is 2.41. The highest BCUT2D eigenvalue weighted by Gasteiger charge is 2.43. The molecule has 0 aromatic heterocycles. The fourth-order valence-electron chi connectivity index (χ4n) is 3.37. The van der Waals surface area contributed by atoms with Crippen molar-refractivity contribution in [3.05, 3.63) is 71.8 Å². The molecule has 0 aliphatic carbocycles. The van der Waals surface area contributed by atoms with Crippen LogP contribution in [0.4, 0.5) is 0 Å². The quantitative estimate of drug-likeness (QED) is 0.910. The minimum absolute atomic E-state index is 0. The number of hydrogen-bond acceptors (Lipinski definition) is 2. The van der Waals surface area contributed by atoms with Gasteiger partial charge in [0.25, 0.3) is 0 Å². The predicted molar refractivity (Wildman–Crippen MR) is 89.0 cm³/mol. The Labute approximate surface area is 132 Å². The molecule has 2 atom stereocenters. The molecule has 1 fully saturated rings. The van der Waals surface area contributed by atoms with Crippen molar-refractivity contribution < 1.29 is 5.11 Å². The summed E-state index contributed by atoms with van der Waals surface area (Å²) in [7, 11) is 0. The Morgan fingerprint density at radius 1 is 1.00 bits per heavy atom. The van der Waals surface area contributed by atoms with Gasteiger partial charge in [-0.05, 0) is 17.5 Å². The predicted octanol–water partition coefficient (Wildman–Crippen LogP) is 3.02. The first-order valence-corrected chi connectivity index (χ1v) is 7.24. The van der Waals surface area contributed by atoms with E-state index in [9.17, 15) is 5.11 Å². The van der Waals surface area contributed by atoms with E-state index in [0.29, 0.717) is 5.92 Å². The van der Waals surface area contributed by atoms with Gasteiger partial charge in [-0.3, -0.25) is 0 Å². The van der Waals surface area contributed by atoms with Crippen LogP contribution in [0.5, 0.6) is 0 Å². The maximum absolute atomic E-state index is 10.1. The first kappa shape index (κ1) is 16.0. The third kappa shape index (κ3) is 3.29. The van der Waals surface area contributed by atoms with Crippen molar-refractivity contribution >= 4 is 12.4 Å². The molecule has 0 amide bonds. The molecule has 2 aromatic rings. The Bertz CT molecular complexity index is 546. The minimum atomic E-state index is -0.0945. The number of nitrogens with one attached hydrogen (secondary N) is 1. The van der Waals surface area contributed by atoms with Crippen LogP contribution < -0.4 is 5.32 Å². The molecule has 1 heterocycles. The summed E-state index contributed by atoms with van der Waals surface area (Å²) in [6.07, 6.45) is 0.914. The van der Waals surface area contributed by atoms with E-state index in [4.69, 9.17) is 0 Å². The summed E-state index contributed by atoms with van der Waals surface area (Å²) in [5, 5.41) is 13.5. The van der Waals surface area contributed by atoms with Crippen molar-refractivity contribution in [3.63, 3.8) is 0 Å². The van der Waals surface area contributed by atoms with E-state index in [1.807, 2.05) is 12.1 Å². The van der Waals surface area contributed by atoms with Gasteiger partial charge in [-0.2, -0.15) is 0 Å². The highest BCUT2D eigenvalue weighted by atomic mass is 35.5. The van der Waals surface area contributed by atoms with Gasteiger partial charge in [0.2, 0.25) is 0 Å². The zero-order valence-corrected chi connectivity index (χ0v) is 12.9. The van der Waals surface area contributed by atoms with E-state index >= 15 is 0 Å². The van der Waals surface area contributed by atoms with Gasteiger partial charge in [0.1, 0.15) is 0 Å². The van der Waals surface area contributed by atoms with Crippen molar-refractivity contribution in [2.75, 3.05) is 19.7 Å². The normalized spacial score (nSPS) is 24.5. The summed E-state index contributed by atoms with van der Waals surface area (Å²) in [5.41, 5.74) is 2.52. The molecule has 0 saturated carbocycles. The minimum Gasteiger partial charge on any atom is -0.396 e. The zero-order valence-electron chi connectivity index (χ0n) is 12.0. The second-order valence-electron chi connectivity index (χ2n) is 5.78. The number of hydrogen-bond donors (Lipinski definition) is 2. The van der Waals surface area contributed by atoms with Crippen LogP contribution in [0.15, 0.2) is 60.7 Å². The second-order valence-corrected chi connectivity index (χ2v) is 5.78. The monoisotopic (exact) mass is 303 g/mol. The molecule has 0 bridgehead atoms. The fraction of sp³-hybridized carbons (Fsp3) is 0.333. The topological polar surface area (TPSA) is 32.3 Å². The molecule has 3 heteroatoms. The molecule has 2 N–H and O–H groups in total. The zero-order chi connectivity index (χ0) is 13.8. The number of aliphatic hydroxyl groups excluding tert-OH is 1. The Kier molecular flexibility index (Phi) is 5.40. The summed E-state index contributed by atoms with van der Waals surface area (Å²) in [5.74, 6) is 0.369. The molecule has 2 aromatic carbocycles. The molecule has 0 spiro atoms. The van der Waals surface area contributed by atoms with Gasteiger partial charge in [-0.1, -0.05) is 60.7 Å². The van der Waals surface area contributed by atoms with Crippen molar-refractivity contribution in [1.29, 1.82) is 0 Å². The number of rotatable bonds is 4. The van der Waals surface area contributed by atoms with E-state index in [1.165, 1.54) is 11.1 Å². The van der Waals surface area contributed by atoms with E-state index < -0.39 is 0 Å². The Morgan fingerprint density at radius 3 is 2.24 bits per heavy atom. The molecule has 2 unspecified atom stereocenters. The average molecular weight is 304 g/mol. The molecule has 1 aliphatic rings. The first-order chi connectivity index (χ1) is 9.84. The van der Waals surface area contributed by atoms with E-state index in [0.717, 1.165) is 19.5 Å². The highest BCUT2D eigenvalue weighted by molar-refractivity contribution is 5.85. The SMILES string of the molecule is Cl.OCC1(Cc2ccccc2)CNCC1c1ccccc1. The summed E-state index contributed by atoms with van der Waals surface area (Å²) >= 11 is 0. The van der Waals surface area contributed by atoms with Gasteiger partial charge in [0, 0.05) is 24.4 Å². The summed E-state index contributed by atoms with van der Waals surface area (Å²) in [4.78, 5) is 0. The third-order valence-electron chi connectivity index (χ3n) is 4.48. The summed E-state index contributed by atoms with van der Waals surface area (Å²) < 4.78 is 0. The first-order valence-electron chi connectivity index (χ1n) is 7.24. The largest absolute Gasteiger partial charge is 0.396 e. The molecule has 1 aliphatic heterocycles. The standard InChI is InChI=1S/C18H21NO.ClH/c20-14-18(11-15-7-3-1-4-8-15)13-19-12-17(18)16-9-5-2-6-10-16;/h1-10,17,19-20H,11-14H2;1H. The molecule has 1 saturated heterocycles. The molecule has 3 rings (SSSR count). The molecule has 0 radical (unpaired) electrons. The fourth-order valence-corrected chi connectivity index (χ4v) is 3.37. The molecule has 21 heavy (non-hydrogen) atoms. The van der Waals surface area contributed by atoms with Crippen LogP contribution in [0.1, 0.15) is 17.0 Å². The lowest BCUT2D eigenvalue weighted by Crippen LogP contribution is -2.35. The van der Waals surface area contributed by atoms with Gasteiger partial charge in [-0.25, -0.2) is 0 Å². The van der Waals surface area contributed by atoms with Gasteiger partial charge < -0.3 is 10.4 Å². The Hall–Kier alpha value is -1.35. The van der Waals surface area contributed by atoms with Crippen molar-refractivity contribution in [1.82, 2.24) is 5.32 Å². The lowest BCUT2D eigenvalue weighted by Gasteiger charge is -2.33. The average Bonchev–Trinajstić information content (AvgIpc) is 2.93. The van der Waals surface area contributed by atoms with Crippen molar-refractivity contribution in [2.24, 2.45) is 5.41 Å². The Balaban J connectivity index is 0.00000161. The van der Waals surface area contributed by atoms with Gasteiger partial charge >= 0.3 is 0 Å². The van der Waals surface area contributed by atoms with Gasteiger partial charge in [0.05, 0.1) is 6.61 Å².